The van der Waals surface area contributed by atoms with Crippen molar-refractivity contribution in [2.45, 2.75) is 45.6 Å². The summed E-state index contributed by atoms with van der Waals surface area (Å²) in [7, 11) is 0. The molecule has 1 saturated heterocycles. The number of hydrogen-bond acceptors (Lipinski definition) is 3. The Kier molecular flexibility index (Phi) is 5.92. The summed E-state index contributed by atoms with van der Waals surface area (Å²) in [5.74, 6) is 1.60. The van der Waals surface area contributed by atoms with E-state index in [1.807, 2.05) is 4.90 Å². The zero-order valence-electron chi connectivity index (χ0n) is 11.2. The van der Waals surface area contributed by atoms with Gasteiger partial charge in [0.05, 0.1) is 6.04 Å². The lowest BCUT2D eigenvalue weighted by atomic mass is 9.86. The number of nitrogens with zero attached hydrogens (tertiary/aromatic N) is 1. The van der Waals surface area contributed by atoms with Crippen molar-refractivity contribution < 1.29 is 4.79 Å². The molecule has 0 aromatic heterocycles. The first-order valence-corrected chi connectivity index (χ1v) is 6.80. The Bertz CT molecular complexity index is 235. The fourth-order valence-electron chi connectivity index (χ4n) is 2.48. The van der Waals surface area contributed by atoms with Crippen molar-refractivity contribution in [3.05, 3.63) is 0 Å². The molecule has 100 valence electrons. The Morgan fingerprint density at radius 2 is 1.94 bits per heavy atom. The molecule has 0 unspecified atom stereocenters. The van der Waals surface area contributed by atoms with Gasteiger partial charge in [-0.3, -0.25) is 4.79 Å². The average Bonchev–Trinajstić information content (AvgIpc) is 2.35. The van der Waals surface area contributed by atoms with Crippen molar-refractivity contribution in [2.24, 2.45) is 23.3 Å². The molecular weight excluding hydrogens is 214 g/mol. The van der Waals surface area contributed by atoms with Crippen molar-refractivity contribution >= 4 is 5.91 Å². The van der Waals surface area contributed by atoms with Crippen LogP contribution in [0.1, 0.15) is 39.5 Å². The summed E-state index contributed by atoms with van der Waals surface area (Å²) in [6.07, 6.45) is 3.77. The van der Waals surface area contributed by atoms with Crippen LogP contribution in [-0.2, 0) is 4.79 Å². The molecule has 0 aliphatic carbocycles. The summed E-state index contributed by atoms with van der Waals surface area (Å²) in [5.41, 5.74) is 11.3. The minimum atomic E-state index is -0.353. The lowest BCUT2D eigenvalue weighted by Crippen LogP contribution is -2.47. The van der Waals surface area contributed by atoms with Gasteiger partial charge in [-0.05, 0) is 44.1 Å². The Balaban J connectivity index is 2.35. The predicted octanol–water partition coefficient (Wildman–Crippen LogP) is 0.947. The first-order valence-electron chi connectivity index (χ1n) is 6.80. The van der Waals surface area contributed by atoms with Gasteiger partial charge in [0.25, 0.3) is 0 Å². The number of rotatable bonds is 5. The molecule has 0 aromatic rings. The molecular formula is C13H27N3O. The second-order valence-corrected chi connectivity index (χ2v) is 5.44. The van der Waals surface area contributed by atoms with Crippen molar-refractivity contribution in [1.29, 1.82) is 0 Å². The van der Waals surface area contributed by atoms with Gasteiger partial charge >= 0.3 is 0 Å². The van der Waals surface area contributed by atoms with E-state index in [0.717, 1.165) is 44.2 Å². The summed E-state index contributed by atoms with van der Waals surface area (Å²) in [6, 6.07) is -0.353. The maximum atomic E-state index is 12.0. The van der Waals surface area contributed by atoms with Crippen molar-refractivity contribution in [3.8, 4) is 0 Å². The van der Waals surface area contributed by atoms with Crippen LogP contribution in [0.3, 0.4) is 0 Å². The largest absolute Gasteiger partial charge is 0.341 e. The third-order valence-corrected chi connectivity index (χ3v) is 3.83. The van der Waals surface area contributed by atoms with E-state index in [2.05, 4.69) is 13.8 Å². The van der Waals surface area contributed by atoms with Gasteiger partial charge in [0, 0.05) is 13.1 Å². The van der Waals surface area contributed by atoms with E-state index >= 15 is 0 Å². The van der Waals surface area contributed by atoms with Crippen LogP contribution in [0.15, 0.2) is 0 Å². The van der Waals surface area contributed by atoms with Crippen molar-refractivity contribution in [2.75, 3.05) is 19.6 Å². The fourth-order valence-corrected chi connectivity index (χ4v) is 2.48. The molecule has 4 N–H and O–H groups in total. The van der Waals surface area contributed by atoms with Gasteiger partial charge in [0.1, 0.15) is 0 Å². The van der Waals surface area contributed by atoms with E-state index in [9.17, 15) is 4.79 Å². The first-order chi connectivity index (χ1) is 8.06. The van der Waals surface area contributed by atoms with Gasteiger partial charge in [-0.25, -0.2) is 0 Å². The van der Waals surface area contributed by atoms with Gasteiger partial charge in [-0.2, -0.15) is 0 Å². The van der Waals surface area contributed by atoms with Crippen LogP contribution in [0.4, 0.5) is 0 Å². The van der Waals surface area contributed by atoms with Crippen LogP contribution < -0.4 is 11.5 Å². The number of carbonyl (C=O) groups is 1. The minimum Gasteiger partial charge on any atom is -0.341 e. The molecule has 1 atom stereocenters. The molecule has 1 amide bonds. The molecule has 0 saturated carbocycles. The molecule has 4 heteroatoms. The molecule has 0 aromatic carbocycles. The van der Waals surface area contributed by atoms with E-state index < -0.39 is 0 Å². The van der Waals surface area contributed by atoms with Crippen molar-refractivity contribution in [1.82, 2.24) is 4.90 Å². The number of likely N-dealkylation sites (tertiary alicyclic amines) is 1. The average molecular weight is 241 g/mol. The Morgan fingerprint density at radius 1 is 1.35 bits per heavy atom. The third kappa shape index (κ3) is 4.28. The standard InChI is InChI=1S/C13H27N3O/c1-10(2)11-5-8-16(9-6-11)13(17)12(15)4-3-7-14/h10-12H,3-9,14-15H2,1-2H3/t12-/m0/s1. The fraction of sp³-hybridized carbons (Fsp3) is 0.923. The van der Waals surface area contributed by atoms with Crippen LogP contribution in [-0.4, -0.2) is 36.5 Å². The smallest absolute Gasteiger partial charge is 0.239 e. The molecule has 1 fully saturated rings. The highest BCUT2D eigenvalue weighted by Crippen LogP contribution is 2.24. The van der Waals surface area contributed by atoms with Crippen LogP contribution in [0.5, 0.6) is 0 Å². The molecule has 1 rings (SSSR count). The number of carbonyl (C=O) groups excluding carboxylic acids is 1. The van der Waals surface area contributed by atoms with E-state index in [1.165, 1.54) is 0 Å². The molecule has 1 aliphatic rings. The topological polar surface area (TPSA) is 72.3 Å². The summed E-state index contributed by atoms with van der Waals surface area (Å²) < 4.78 is 0. The second-order valence-electron chi connectivity index (χ2n) is 5.44. The number of hydrogen-bond donors (Lipinski definition) is 2. The number of nitrogens with two attached hydrogens (primary N) is 2. The highest BCUT2D eigenvalue weighted by molar-refractivity contribution is 5.81. The maximum absolute atomic E-state index is 12.0. The Hall–Kier alpha value is -0.610. The van der Waals surface area contributed by atoms with Crippen LogP contribution in [0, 0.1) is 11.8 Å². The van der Waals surface area contributed by atoms with Gasteiger partial charge < -0.3 is 16.4 Å². The number of piperidine rings is 1. The summed E-state index contributed by atoms with van der Waals surface area (Å²) >= 11 is 0. The normalized spacial score (nSPS) is 19.7. The minimum absolute atomic E-state index is 0.112. The molecule has 1 heterocycles. The van der Waals surface area contributed by atoms with E-state index in [1.54, 1.807) is 0 Å². The quantitative estimate of drug-likeness (QED) is 0.752. The molecule has 1 aliphatic heterocycles. The molecule has 0 bridgehead atoms. The SMILES string of the molecule is CC(C)C1CCN(C(=O)[C@@H](N)CCCN)CC1. The van der Waals surface area contributed by atoms with Gasteiger partial charge in [-0.1, -0.05) is 13.8 Å². The van der Waals surface area contributed by atoms with Gasteiger partial charge in [-0.15, -0.1) is 0 Å². The van der Waals surface area contributed by atoms with Crippen molar-refractivity contribution in [3.63, 3.8) is 0 Å². The Morgan fingerprint density at radius 3 is 2.41 bits per heavy atom. The molecule has 4 nitrogen and oxygen atoms in total. The lowest BCUT2D eigenvalue weighted by molar-refractivity contribution is -0.134. The molecule has 17 heavy (non-hydrogen) atoms. The van der Waals surface area contributed by atoms with E-state index in [-0.39, 0.29) is 11.9 Å². The zero-order valence-corrected chi connectivity index (χ0v) is 11.2. The van der Waals surface area contributed by atoms with Crippen LogP contribution in [0.25, 0.3) is 0 Å². The highest BCUT2D eigenvalue weighted by atomic mass is 16.2. The molecule has 0 radical (unpaired) electrons. The predicted molar refractivity (Wildman–Crippen MR) is 70.4 cm³/mol. The van der Waals surface area contributed by atoms with Gasteiger partial charge in [0.2, 0.25) is 5.91 Å². The van der Waals surface area contributed by atoms with E-state index in [0.29, 0.717) is 13.0 Å². The van der Waals surface area contributed by atoms with Crippen LogP contribution >= 0.6 is 0 Å². The highest BCUT2D eigenvalue weighted by Gasteiger charge is 2.26. The summed E-state index contributed by atoms with van der Waals surface area (Å²) in [5, 5.41) is 0. The summed E-state index contributed by atoms with van der Waals surface area (Å²) in [4.78, 5) is 14.0. The van der Waals surface area contributed by atoms with Crippen LogP contribution in [0.2, 0.25) is 0 Å². The van der Waals surface area contributed by atoms with E-state index in [4.69, 9.17) is 11.5 Å². The lowest BCUT2D eigenvalue weighted by Gasteiger charge is -2.35. The first kappa shape index (κ1) is 14.5. The third-order valence-electron chi connectivity index (χ3n) is 3.83. The maximum Gasteiger partial charge on any atom is 0.239 e. The van der Waals surface area contributed by atoms with Gasteiger partial charge in [0.15, 0.2) is 0 Å². The zero-order chi connectivity index (χ0) is 12.8. The molecule has 0 spiro atoms. The Labute approximate surface area is 105 Å². The second kappa shape index (κ2) is 6.97. The number of amides is 1. The summed E-state index contributed by atoms with van der Waals surface area (Å²) in [6.45, 7) is 6.87. The monoisotopic (exact) mass is 241 g/mol.